The minimum atomic E-state index is -0.382. The number of fused-ring (bicyclic) bond motifs is 9. The number of aromatic amines is 1. The van der Waals surface area contributed by atoms with Gasteiger partial charge in [-0.05, 0) is 48.8 Å². The summed E-state index contributed by atoms with van der Waals surface area (Å²) in [6.45, 7) is 2.27. The van der Waals surface area contributed by atoms with Crippen LogP contribution in [-0.4, -0.2) is 38.8 Å². The Labute approximate surface area is 185 Å². The number of hydrazine groups is 1. The monoisotopic (exact) mass is 459 g/mol. The Morgan fingerprint density at radius 2 is 1.97 bits per heavy atom. The van der Waals surface area contributed by atoms with E-state index in [0.717, 1.165) is 26.9 Å². The Morgan fingerprint density at radius 3 is 2.71 bits per heavy atom. The van der Waals surface area contributed by atoms with Gasteiger partial charge >= 0.3 is 4.87 Å². The van der Waals surface area contributed by atoms with Crippen molar-refractivity contribution < 1.29 is 19.4 Å². The number of benzene rings is 1. The summed E-state index contributed by atoms with van der Waals surface area (Å²) in [6, 6.07) is 5.32. The quantitative estimate of drug-likeness (QED) is 0.363. The number of carbonyl (C=O) groups excluding carboxylic acids is 2. The number of amides is 2. The van der Waals surface area contributed by atoms with E-state index >= 15 is 0 Å². The number of nitrogens with zero attached hydrogens (tertiary/aromatic N) is 1. The number of hydrogen-bond donors (Lipinski definition) is 3. The maximum Gasteiger partial charge on any atom is 0.305 e. The van der Waals surface area contributed by atoms with Crippen LogP contribution in [0.25, 0.3) is 0 Å². The lowest BCUT2D eigenvalue weighted by Crippen LogP contribution is -2.42. The van der Waals surface area contributed by atoms with Crippen molar-refractivity contribution in [2.45, 2.75) is 29.5 Å². The van der Waals surface area contributed by atoms with E-state index < -0.39 is 0 Å². The summed E-state index contributed by atoms with van der Waals surface area (Å²) in [5.74, 6) is 5.03. The van der Waals surface area contributed by atoms with Gasteiger partial charge < -0.3 is 14.8 Å². The molecule has 4 N–H and O–H groups in total. The Bertz CT molecular complexity index is 1180. The second-order valence-electron chi connectivity index (χ2n) is 8.67. The largest absolute Gasteiger partial charge is 0.504 e. The number of rotatable bonds is 3. The maximum atomic E-state index is 12.8. The number of thiazole rings is 1. The van der Waals surface area contributed by atoms with Crippen LogP contribution in [-0.2, 0) is 9.59 Å². The number of nitrogens with two attached hydrogens (primary N) is 1. The van der Waals surface area contributed by atoms with Crippen molar-refractivity contribution in [3.8, 4) is 11.5 Å². The first-order chi connectivity index (χ1) is 14.9. The topological polar surface area (TPSA) is 126 Å². The summed E-state index contributed by atoms with van der Waals surface area (Å²) < 4.78 is 5.61. The van der Waals surface area contributed by atoms with Crippen LogP contribution < -0.4 is 15.5 Å². The van der Waals surface area contributed by atoms with Crippen molar-refractivity contribution in [2.75, 3.05) is 6.61 Å². The van der Waals surface area contributed by atoms with Gasteiger partial charge in [-0.3, -0.25) is 14.4 Å². The molecule has 8 nitrogen and oxygen atoms in total. The Kier molecular flexibility index (Phi) is 4.13. The van der Waals surface area contributed by atoms with Crippen molar-refractivity contribution in [1.29, 1.82) is 0 Å². The molecule has 1 saturated heterocycles. The first-order valence-electron chi connectivity index (χ1n) is 10.4. The number of nitrogens with one attached hydrogen (secondary N) is 1. The van der Waals surface area contributed by atoms with Gasteiger partial charge in [-0.2, -0.15) is 0 Å². The molecule has 4 aliphatic rings. The molecule has 31 heavy (non-hydrogen) atoms. The minimum Gasteiger partial charge on any atom is -0.504 e. The molecule has 2 aromatic rings. The molecule has 0 spiro atoms. The Balaban J connectivity index is 1.50. The van der Waals surface area contributed by atoms with Crippen LogP contribution >= 0.6 is 23.1 Å². The zero-order valence-electron chi connectivity index (χ0n) is 16.6. The normalized spacial score (nSPS) is 35.3. The van der Waals surface area contributed by atoms with Crippen molar-refractivity contribution in [3.63, 3.8) is 0 Å². The number of phenolic OH excluding ortho intramolecular Hbond substituents is 1. The first kappa shape index (κ1) is 19.4. The number of aromatic nitrogens is 1. The van der Waals surface area contributed by atoms with Gasteiger partial charge in [-0.15, -0.1) is 11.8 Å². The predicted octanol–water partition coefficient (Wildman–Crippen LogP) is 1.89. The van der Waals surface area contributed by atoms with Gasteiger partial charge in [0.2, 0.25) is 11.8 Å². The average molecular weight is 460 g/mol. The molecule has 6 unspecified atom stereocenters. The molecule has 10 heteroatoms. The van der Waals surface area contributed by atoms with Crippen molar-refractivity contribution >= 4 is 34.9 Å². The lowest BCUT2D eigenvalue weighted by molar-refractivity contribution is -0.141. The summed E-state index contributed by atoms with van der Waals surface area (Å²) in [4.78, 5) is 41.6. The molecule has 3 heterocycles. The fraction of sp³-hybridized carbons (Fsp3) is 0.476. The van der Waals surface area contributed by atoms with E-state index in [1.54, 1.807) is 17.8 Å². The number of imide groups is 1. The molecule has 2 bridgehead atoms. The molecule has 1 aromatic heterocycles. The molecule has 2 amide bonds. The number of phenols is 1. The number of thioether (sulfide) groups is 1. The highest BCUT2D eigenvalue weighted by Crippen LogP contribution is 2.68. The van der Waals surface area contributed by atoms with Crippen LogP contribution in [0.5, 0.6) is 11.5 Å². The molecule has 6 rings (SSSR count). The molecule has 162 valence electrons. The fourth-order valence-electron chi connectivity index (χ4n) is 6.41. The molecular formula is C21H21N3O5S2. The zero-order chi connectivity index (χ0) is 21.6. The fourth-order valence-corrected chi connectivity index (χ4v) is 9.30. The van der Waals surface area contributed by atoms with E-state index in [1.165, 1.54) is 11.3 Å². The van der Waals surface area contributed by atoms with E-state index in [4.69, 9.17) is 10.6 Å². The molecule has 2 aliphatic carbocycles. The third-order valence-corrected chi connectivity index (χ3v) is 9.99. The van der Waals surface area contributed by atoms with Gasteiger partial charge in [0.15, 0.2) is 11.5 Å². The van der Waals surface area contributed by atoms with Crippen LogP contribution in [0.4, 0.5) is 0 Å². The van der Waals surface area contributed by atoms with E-state index in [2.05, 4.69) is 4.98 Å². The highest BCUT2D eigenvalue weighted by atomic mass is 32.2. The van der Waals surface area contributed by atoms with Crippen molar-refractivity contribution in [3.05, 3.63) is 38.3 Å². The summed E-state index contributed by atoms with van der Waals surface area (Å²) in [6.07, 6.45) is 0.815. The van der Waals surface area contributed by atoms with Crippen molar-refractivity contribution in [2.24, 2.45) is 35.4 Å². The Hall–Kier alpha value is -2.30. The third kappa shape index (κ3) is 2.49. The van der Waals surface area contributed by atoms with Crippen LogP contribution in [0.15, 0.2) is 28.0 Å². The number of carbonyl (C=O) groups is 2. The minimum absolute atomic E-state index is 0.0252. The van der Waals surface area contributed by atoms with Crippen molar-refractivity contribution in [1.82, 2.24) is 9.99 Å². The summed E-state index contributed by atoms with van der Waals surface area (Å²) in [5, 5.41) is 12.0. The number of ether oxygens (including phenoxy) is 1. The summed E-state index contributed by atoms with van der Waals surface area (Å²) in [5.41, 5.74) is 0.943. The average Bonchev–Trinajstić information content (AvgIpc) is 3.46. The SMILES string of the molecule is CCOc1cc([C@H]2c3sc(=O)[nH]c3SC3C4CC(C5C(=O)N(N)C(=O)C45)C32)ccc1O. The lowest BCUT2D eigenvalue weighted by Gasteiger charge is -2.43. The second kappa shape index (κ2) is 6.60. The van der Waals surface area contributed by atoms with Crippen LogP contribution in [0.2, 0.25) is 0 Å². The van der Waals surface area contributed by atoms with E-state index in [0.29, 0.717) is 12.4 Å². The van der Waals surface area contributed by atoms with Gasteiger partial charge in [-0.1, -0.05) is 17.4 Å². The molecule has 0 radical (unpaired) electrons. The molecule has 3 fully saturated rings. The Morgan fingerprint density at radius 1 is 1.23 bits per heavy atom. The van der Waals surface area contributed by atoms with Gasteiger partial charge in [0, 0.05) is 16.0 Å². The smallest absolute Gasteiger partial charge is 0.305 e. The molecule has 1 aromatic carbocycles. The standard InChI is InChI=1S/C21H21N3O5S2/c1-2-29-11-5-7(3-4-10(11)25)12-13-8-6-9(15-14(8)19(26)24(22)20(15)27)16(13)30-18-17(12)31-21(28)23-18/h3-5,8-9,12-16,25H,2,6,22H2,1H3,(H,23,28)/t8?,9?,12-,13?,14?,15?,16?/m1/s1. The zero-order valence-corrected chi connectivity index (χ0v) is 18.2. The van der Waals surface area contributed by atoms with E-state index in [1.807, 2.05) is 19.1 Å². The number of hydrogen-bond acceptors (Lipinski definition) is 8. The molecule has 7 atom stereocenters. The third-order valence-electron chi connectivity index (χ3n) is 7.40. The van der Waals surface area contributed by atoms with E-state index in [9.17, 15) is 19.5 Å². The highest BCUT2D eigenvalue weighted by molar-refractivity contribution is 8.00. The predicted molar refractivity (Wildman–Crippen MR) is 114 cm³/mol. The number of aromatic hydroxyl groups is 1. The maximum absolute atomic E-state index is 12.8. The van der Waals surface area contributed by atoms with Gasteiger partial charge in [0.25, 0.3) is 0 Å². The van der Waals surface area contributed by atoms with Crippen LogP contribution in [0, 0.1) is 29.6 Å². The lowest BCUT2D eigenvalue weighted by atomic mass is 9.68. The van der Waals surface area contributed by atoms with Gasteiger partial charge in [0.1, 0.15) is 0 Å². The summed E-state index contributed by atoms with van der Waals surface area (Å²) in [7, 11) is 0. The highest BCUT2D eigenvalue weighted by Gasteiger charge is 2.69. The molecule has 2 saturated carbocycles. The second-order valence-corrected chi connectivity index (χ2v) is 10.9. The van der Waals surface area contributed by atoms with Crippen LogP contribution in [0.1, 0.15) is 29.7 Å². The molecule has 2 aliphatic heterocycles. The summed E-state index contributed by atoms with van der Waals surface area (Å²) >= 11 is 2.83. The number of H-pyrrole nitrogens is 1. The van der Waals surface area contributed by atoms with Crippen LogP contribution in [0.3, 0.4) is 0 Å². The molecular weight excluding hydrogens is 438 g/mol. The van der Waals surface area contributed by atoms with Gasteiger partial charge in [-0.25, -0.2) is 10.9 Å². The van der Waals surface area contributed by atoms with E-state index in [-0.39, 0.29) is 63.2 Å². The van der Waals surface area contributed by atoms with Gasteiger partial charge in [0.05, 0.1) is 23.5 Å². The first-order valence-corrected chi connectivity index (χ1v) is 12.1.